The summed E-state index contributed by atoms with van der Waals surface area (Å²) < 4.78 is 48.6. The second-order valence-electron chi connectivity index (χ2n) is 7.41. The van der Waals surface area contributed by atoms with Crippen LogP contribution >= 0.6 is 0 Å². The maximum atomic E-state index is 14.5. The Kier molecular flexibility index (Phi) is 6.10. The van der Waals surface area contributed by atoms with Crippen molar-refractivity contribution in [1.82, 2.24) is 0 Å². The molecule has 4 heteroatoms. The maximum absolute atomic E-state index is 14.5. The van der Waals surface area contributed by atoms with E-state index in [9.17, 15) is 13.2 Å². The molecule has 1 saturated carbocycles. The maximum Gasteiger partial charge on any atom is 0.175 e. The quantitative estimate of drug-likeness (QED) is 0.547. The van der Waals surface area contributed by atoms with Gasteiger partial charge in [-0.3, -0.25) is 0 Å². The molecule has 1 fully saturated rings. The van der Waals surface area contributed by atoms with E-state index in [2.05, 4.69) is 6.92 Å². The highest BCUT2D eigenvalue weighted by atomic mass is 19.2. The summed E-state index contributed by atoms with van der Waals surface area (Å²) in [6.45, 7) is 4.22. The first kappa shape index (κ1) is 19.1. The number of halogens is 3. The number of hydrogen-bond donors (Lipinski definition) is 0. The highest BCUT2D eigenvalue weighted by Gasteiger charge is 2.22. The Morgan fingerprint density at radius 2 is 1.62 bits per heavy atom. The van der Waals surface area contributed by atoms with E-state index < -0.39 is 17.5 Å². The molecule has 0 bridgehead atoms. The van der Waals surface area contributed by atoms with Gasteiger partial charge in [0.15, 0.2) is 23.2 Å². The summed E-state index contributed by atoms with van der Waals surface area (Å²) in [4.78, 5) is 0. The molecule has 3 rings (SSSR count). The molecule has 0 N–H and O–H groups in total. The van der Waals surface area contributed by atoms with Crippen molar-refractivity contribution >= 4 is 10.8 Å². The minimum absolute atomic E-state index is 0.0428. The molecule has 0 amide bonds. The lowest BCUT2D eigenvalue weighted by Crippen LogP contribution is -2.14. The predicted octanol–water partition coefficient (Wildman–Crippen LogP) is 6.80. The SMILES string of the molecule is CCOc1ccc2cc(CCC3CCC(CC)CC3)c(F)c(F)c2c1F. The van der Waals surface area contributed by atoms with Gasteiger partial charge in [0.25, 0.3) is 0 Å². The lowest BCUT2D eigenvalue weighted by Gasteiger charge is -2.27. The van der Waals surface area contributed by atoms with Gasteiger partial charge in [0.05, 0.1) is 12.0 Å². The Hall–Kier alpha value is -1.71. The first-order valence-corrected chi connectivity index (χ1v) is 9.77. The Balaban J connectivity index is 1.79. The molecule has 1 nitrogen and oxygen atoms in total. The molecule has 2 aromatic rings. The molecule has 0 atom stereocenters. The van der Waals surface area contributed by atoms with Gasteiger partial charge in [0.1, 0.15) is 0 Å². The minimum atomic E-state index is -1.11. The fourth-order valence-corrected chi connectivity index (χ4v) is 4.15. The molecule has 0 aromatic heterocycles. The zero-order valence-electron chi connectivity index (χ0n) is 15.6. The smallest absolute Gasteiger partial charge is 0.175 e. The van der Waals surface area contributed by atoms with E-state index in [1.165, 1.54) is 38.2 Å². The van der Waals surface area contributed by atoms with Crippen LogP contribution in [0.2, 0.25) is 0 Å². The van der Waals surface area contributed by atoms with Gasteiger partial charge in [-0.2, -0.15) is 0 Å². The topological polar surface area (TPSA) is 9.23 Å². The molecule has 0 saturated heterocycles. The Bertz CT molecular complexity index is 764. The number of ether oxygens (including phenoxy) is 1. The summed E-state index contributed by atoms with van der Waals surface area (Å²) in [6, 6.07) is 4.67. The van der Waals surface area contributed by atoms with E-state index >= 15 is 0 Å². The highest BCUT2D eigenvalue weighted by molar-refractivity contribution is 5.86. The molecule has 0 spiro atoms. The average molecular weight is 364 g/mol. The lowest BCUT2D eigenvalue weighted by molar-refractivity contribution is 0.258. The lowest BCUT2D eigenvalue weighted by atomic mass is 9.78. The standard InChI is InChI=1S/C22H27F3O/c1-3-14-5-7-15(8-6-14)9-10-17-13-16-11-12-18(26-4-2)21(24)19(16)22(25)20(17)23/h11-15H,3-10H2,1-2H3. The number of hydrogen-bond acceptors (Lipinski definition) is 1. The monoisotopic (exact) mass is 364 g/mol. The Morgan fingerprint density at radius 3 is 2.27 bits per heavy atom. The molecule has 0 aliphatic heterocycles. The molecule has 26 heavy (non-hydrogen) atoms. The van der Waals surface area contributed by atoms with Crippen LogP contribution in [-0.2, 0) is 6.42 Å². The van der Waals surface area contributed by atoms with Gasteiger partial charge in [-0.25, -0.2) is 13.2 Å². The number of rotatable bonds is 6. The van der Waals surface area contributed by atoms with E-state index in [0.29, 0.717) is 23.3 Å². The van der Waals surface area contributed by atoms with Gasteiger partial charge in [-0.05, 0) is 54.7 Å². The molecule has 1 aliphatic rings. The third-order valence-corrected chi connectivity index (χ3v) is 5.83. The number of fused-ring (bicyclic) bond motifs is 1. The van der Waals surface area contributed by atoms with Gasteiger partial charge in [-0.1, -0.05) is 45.1 Å². The molecule has 0 unspecified atom stereocenters. The van der Waals surface area contributed by atoms with Crippen LogP contribution in [0.5, 0.6) is 5.75 Å². The number of benzene rings is 2. The van der Waals surface area contributed by atoms with Crippen LogP contribution < -0.4 is 4.74 Å². The van der Waals surface area contributed by atoms with Gasteiger partial charge in [0, 0.05) is 0 Å². The zero-order chi connectivity index (χ0) is 18.7. The van der Waals surface area contributed by atoms with E-state index in [1.54, 1.807) is 19.1 Å². The second kappa shape index (κ2) is 8.32. The second-order valence-corrected chi connectivity index (χ2v) is 7.41. The van der Waals surface area contributed by atoms with Crippen LogP contribution in [0.1, 0.15) is 57.9 Å². The van der Waals surface area contributed by atoms with Crippen LogP contribution in [0, 0.1) is 29.3 Å². The summed E-state index contributed by atoms with van der Waals surface area (Å²) in [7, 11) is 0. The van der Waals surface area contributed by atoms with Crippen LogP contribution in [-0.4, -0.2) is 6.61 Å². The Labute approximate surface area is 153 Å². The third kappa shape index (κ3) is 3.84. The van der Waals surface area contributed by atoms with E-state index in [1.807, 2.05) is 0 Å². The predicted molar refractivity (Wildman–Crippen MR) is 99.1 cm³/mol. The van der Waals surface area contributed by atoms with E-state index in [0.717, 1.165) is 12.3 Å². The van der Waals surface area contributed by atoms with Crippen LogP contribution in [0.3, 0.4) is 0 Å². The van der Waals surface area contributed by atoms with E-state index in [-0.39, 0.29) is 17.7 Å². The van der Waals surface area contributed by atoms with Gasteiger partial charge >= 0.3 is 0 Å². The van der Waals surface area contributed by atoms with Crippen molar-refractivity contribution in [2.75, 3.05) is 6.61 Å². The largest absolute Gasteiger partial charge is 0.491 e. The average Bonchev–Trinajstić information content (AvgIpc) is 2.66. The van der Waals surface area contributed by atoms with Crippen molar-refractivity contribution in [2.45, 2.75) is 58.8 Å². The van der Waals surface area contributed by atoms with Crippen LogP contribution in [0.4, 0.5) is 13.2 Å². The summed E-state index contributed by atoms with van der Waals surface area (Å²) in [5.74, 6) is -1.50. The first-order chi connectivity index (χ1) is 12.5. The summed E-state index contributed by atoms with van der Waals surface area (Å²) in [5.41, 5.74) is 0.344. The summed E-state index contributed by atoms with van der Waals surface area (Å²) >= 11 is 0. The fourth-order valence-electron chi connectivity index (χ4n) is 4.15. The van der Waals surface area contributed by atoms with Crippen molar-refractivity contribution in [3.63, 3.8) is 0 Å². The molecule has 2 aromatic carbocycles. The highest BCUT2D eigenvalue weighted by Crippen LogP contribution is 2.35. The van der Waals surface area contributed by atoms with Crippen molar-refractivity contribution in [3.05, 3.63) is 41.2 Å². The van der Waals surface area contributed by atoms with Crippen molar-refractivity contribution < 1.29 is 17.9 Å². The first-order valence-electron chi connectivity index (χ1n) is 9.77. The van der Waals surface area contributed by atoms with Crippen LogP contribution in [0.15, 0.2) is 18.2 Å². The van der Waals surface area contributed by atoms with Crippen molar-refractivity contribution in [1.29, 1.82) is 0 Å². The number of aryl methyl sites for hydroxylation is 1. The zero-order valence-corrected chi connectivity index (χ0v) is 15.6. The van der Waals surface area contributed by atoms with E-state index in [4.69, 9.17) is 4.74 Å². The summed E-state index contributed by atoms with van der Waals surface area (Å²) in [5, 5.41) is 0.0650. The normalized spacial score (nSPS) is 20.5. The Morgan fingerprint density at radius 1 is 0.923 bits per heavy atom. The molecular weight excluding hydrogens is 337 g/mol. The third-order valence-electron chi connectivity index (χ3n) is 5.83. The van der Waals surface area contributed by atoms with Crippen molar-refractivity contribution in [3.8, 4) is 5.75 Å². The molecular formula is C22H27F3O. The fraction of sp³-hybridized carbons (Fsp3) is 0.545. The molecule has 0 heterocycles. The van der Waals surface area contributed by atoms with Crippen LogP contribution in [0.25, 0.3) is 10.8 Å². The van der Waals surface area contributed by atoms with Gasteiger partial charge < -0.3 is 4.74 Å². The minimum Gasteiger partial charge on any atom is -0.491 e. The van der Waals surface area contributed by atoms with Gasteiger partial charge in [-0.15, -0.1) is 0 Å². The molecule has 1 aliphatic carbocycles. The molecule has 0 radical (unpaired) electrons. The summed E-state index contributed by atoms with van der Waals surface area (Å²) in [6.07, 6.45) is 7.40. The van der Waals surface area contributed by atoms with Crippen molar-refractivity contribution in [2.24, 2.45) is 11.8 Å². The molecule has 142 valence electrons. The van der Waals surface area contributed by atoms with Gasteiger partial charge in [0.2, 0.25) is 0 Å².